The molecule has 0 aliphatic heterocycles. The Bertz CT molecular complexity index is 610. The van der Waals surface area contributed by atoms with Gasteiger partial charge >= 0.3 is 0 Å². The molecule has 0 saturated heterocycles. The second-order valence-corrected chi connectivity index (χ2v) is 5.54. The molecule has 19 heavy (non-hydrogen) atoms. The first-order valence-corrected chi connectivity index (χ1v) is 6.84. The zero-order chi connectivity index (χ0) is 14.2. The summed E-state index contributed by atoms with van der Waals surface area (Å²) in [5, 5.41) is 15.9. The van der Waals surface area contributed by atoms with E-state index in [1.165, 1.54) is 0 Å². The van der Waals surface area contributed by atoms with Crippen molar-refractivity contribution in [2.75, 3.05) is 0 Å². The summed E-state index contributed by atoms with van der Waals surface area (Å²) >= 11 is 17.9. The van der Waals surface area contributed by atoms with E-state index < -0.39 is 6.10 Å². The molecule has 0 spiro atoms. The molecule has 1 unspecified atom stereocenters. The minimum absolute atomic E-state index is 0.385. The molecule has 6 heteroatoms. The van der Waals surface area contributed by atoms with Gasteiger partial charge in [-0.15, -0.1) is 0 Å². The van der Waals surface area contributed by atoms with Crippen LogP contribution in [0.2, 0.25) is 15.2 Å². The second kappa shape index (κ2) is 5.71. The Morgan fingerprint density at radius 1 is 1.26 bits per heavy atom. The number of aliphatic hydroxyl groups excluding tert-OH is 1. The zero-order valence-corrected chi connectivity index (χ0v) is 12.8. The molecule has 0 amide bonds. The fourth-order valence-corrected chi connectivity index (χ4v) is 2.49. The molecular formula is C13H13Cl3N2O. The highest BCUT2D eigenvalue weighted by atomic mass is 35.5. The van der Waals surface area contributed by atoms with Gasteiger partial charge in [0.25, 0.3) is 0 Å². The lowest BCUT2D eigenvalue weighted by Gasteiger charge is -2.12. The Hall–Kier alpha value is -0.740. The van der Waals surface area contributed by atoms with Gasteiger partial charge in [-0.05, 0) is 24.6 Å². The number of hydrogen-bond acceptors (Lipinski definition) is 2. The van der Waals surface area contributed by atoms with Gasteiger partial charge in [0.15, 0.2) is 0 Å². The summed E-state index contributed by atoms with van der Waals surface area (Å²) < 4.78 is 1.59. The topological polar surface area (TPSA) is 38.0 Å². The molecule has 2 rings (SSSR count). The lowest BCUT2D eigenvalue weighted by atomic mass is 10.0. The van der Waals surface area contributed by atoms with Crippen LogP contribution in [0.3, 0.4) is 0 Å². The molecule has 1 aromatic carbocycles. The van der Waals surface area contributed by atoms with Gasteiger partial charge in [0.1, 0.15) is 5.15 Å². The van der Waals surface area contributed by atoms with Gasteiger partial charge in [-0.1, -0.05) is 40.9 Å². The molecule has 0 fully saturated rings. The van der Waals surface area contributed by atoms with Crippen LogP contribution in [-0.4, -0.2) is 14.9 Å². The van der Waals surface area contributed by atoms with Crippen LogP contribution in [-0.2, 0) is 13.5 Å². The van der Waals surface area contributed by atoms with Crippen molar-refractivity contribution in [2.24, 2.45) is 7.05 Å². The molecule has 0 bridgehead atoms. The number of aromatic nitrogens is 2. The molecule has 2 aromatic rings. The van der Waals surface area contributed by atoms with E-state index in [2.05, 4.69) is 5.10 Å². The average Bonchev–Trinajstić information content (AvgIpc) is 2.59. The van der Waals surface area contributed by atoms with E-state index in [-0.39, 0.29) is 0 Å². The van der Waals surface area contributed by atoms with E-state index >= 15 is 0 Å². The number of nitrogens with zero attached hydrogens (tertiary/aromatic N) is 2. The van der Waals surface area contributed by atoms with Crippen LogP contribution in [0.15, 0.2) is 18.2 Å². The molecule has 1 atom stereocenters. The van der Waals surface area contributed by atoms with Crippen molar-refractivity contribution in [3.05, 3.63) is 50.2 Å². The number of aliphatic hydroxyl groups is 1. The van der Waals surface area contributed by atoms with Gasteiger partial charge in [0.05, 0.1) is 21.8 Å². The fourth-order valence-electron chi connectivity index (χ4n) is 1.94. The van der Waals surface area contributed by atoms with E-state index in [1.807, 2.05) is 6.92 Å². The minimum Gasteiger partial charge on any atom is -0.388 e. The number of halogens is 3. The van der Waals surface area contributed by atoms with Crippen LogP contribution < -0.4 is 0 Å². The largest absolute Gasteiger partial charge is 0.388 e. The first kappa shape index (κ1) is 14.7. The summed E-state index contributed by atoms with van der Waals surface area (Å²) in [5.41, 5.74) is 2.35. The first-order valence-electron chi connectivity index (χ1n) is 5.71. The lowest BCUT2D eigenvalue weighted by Crippen LogP contribution is -2.03. The van der Waals surface area contributed by atoms with E-state index in [0.717, 1.165) is 11.3 Å². The Labute approximate surface area is 126 Å². The van der Waals surface area contributed by atoms with Crippen molar-refractivity contribution in [1.82, 2.24) is 9.78 Å². The van der Waals surface area contributed by atoms with Crippen LogP contribution in [0.4, 0.5) is 0 Å². The summed E-state index contributed by atoms with van der Waals surface area (Å²) in [6.45, 7) is 1.86. The van der Waals surface area contributed by atoms with E-state index in [4.69, 9.17) is 34.8 Å². The van der Waals surface area contributed by atoms with Gasteiger partial charge in [0, 0.05) is 19.0 Å². The maximum absolute atomic E-state index is 10.3. The Kier molecular flexibility index (Phi) is 4.41. The van der Waals surface area contributed by atoms with Crippen molar-refractivity contribution in [3.63, 3.8) is 0 Å². The molecule has 3 nitrogen and oxygen atoms in total. The van der Waals surface area contributed by atoms with Gasteiger partial charge < -0.3 is 5.11 Å². The third-order valence-corrected chi connectivity index (χ3v) is 4.21. The van der Waals surface area contributed by atoms with Gasteiger partial charge in [-0.2, -0.15) is 5.10 Å². The Balaban J connectivity index is 2.25. The Morgan fingerprint density at radius 3 is 2.47 bits per heavy atom. The van der Waals surface area contributed by atoms with Crippen molar-refractivity contribution in [2.45, 2.75) is 19.4 Å². The van der Waals surface area contributed by atoms with Crippen LogP contribution in [0.5, 0.6) is 0 Å². The highest BCUT2D eigenvalue weighted by Gasteiger charge is 2.17. The van der Waals surface area contributed by atoms with Crippen LogP contribution >= 0.6 is 34.8 Å². The van der Waals surface area contributed by atoms with Crippen molar-refractivity contribution < 1.29 is 5.11 Å². The summed E-state index contributed by atoms with van der Waals surface area (Å²) in [5.74, 6) is 0. The molecule has 0 aliphatic rings. The van der Waals surface area contributed by atoms with Crippen molar-refractivity contribution in [1.29, 1.82) is 0 Å². The molecule has 0 radical (unpaired) electrons. The Morgan fingerprint density at radius 2 is 1.95 bits per heavy atom. The predicted molar refractivity (Wildman–Crippen MR) is 78.1 cm³/mol. The average molecular weight is 320 g/mol. The highest BCUT2D eigenvalue weighted by molar-refractivity contribution is 6.42. The monoisotopic (exact) mass is 318 g/mol. The van der Waals surface area contributed by atoms with Crippen LogP contribution in [0.25, 0.3) is 0 Å². The van der Waals surface area contributed by atoms with Gasteiger partial charge in [-0.3, -0.25) is 4.68 Å². The number of benzene rings is 1. The quantitative estimate of drug-likeness (QED) is 0.929. The maximum atomic E-state index is 10.3. The number of aryl methyl sites for hydroxylation is 2. The normalized spacial score (nSPS) is 12.7. The van der Waals surface area contributed by atoms with Gasteiger partial charge in [-0.25, -0.2) is 0 Å². The molecule has 102 valence electrons. The maximum Gasteiger partial charge on any atom is 0.130 e. The molecular weight excluding hydrogens is 307 g/mol. The zero-order valence-electron chi connectivity index (χ0n) is 10.5. The SMILES string of the molecule is Cc1nn(C)c(Cl)c1CC(O)c1ccc(Cl)c(Cl)c1. The molecule has 0 aliphatic carbocycles. The highest BCUT2D eigenvalue weighted by Crippen LogP contribution is 2.29. The summed E-state index contributed by atoms with van der Waals surface area (Å²) in [4.78, 5) is 0. The number of rotatable bonds is 3. The standard InChI is InChI=1S/C13H13Cl3N2O/c1-7-9(13(16)18(2)17-7)6-12(19)8-3-4-10(14)11(15)5-8/h3-5,12,19H,6H2,1-2H3. The van der Waals surface area contributed by atoms with Gasteiger partial charge in [0.2, 0.25) is 0 Å². The van der Waals surface area contributed by atoms with Crippen LogP contribution in [0.1, 0.15) is 22.9 Å². The third-order valence-electron chi connectivity index (χ3n) is 3.00. The van der Waals surface area contributed by atoms with Crippen molar-refractivity contribution >= 4 is 34.8 Å². The second-order valence-electron chi connectivity index (χ2n) is 4.37. The summed E-state index contributed by atoms with van der Waals surface area (Å²) in [7, 11) is 1.77. The number of hydrogen-bond donors (Lipinski definition) is 1. The first-order chi connectivity index (χ1) is 8.90. The van der Waals surface area contributed by atoms with E-state index in [0.29, 0.717) is 27.2 Å². The third kappa shape index (κ3) is 3.06. The fraction of sp³-hybridized carbons (Fsp3) is 0.308. The summed E-state index contributed by atoms with van der Waals surface area (Å²) in [6, 6.07) is 5.08. The molecule has 1 N–H and O–H groups in total. The summed E-state index contributed by atoms with van der Waals surface area (Å²) in [6.07, 6.45) is -0.314. The van der Waals surface area contributed by atoms with E-state index in [9.17, 15) is 5.11 Å². The lowest BCUT2D eigenvalue weighted by molar-refractivity contribution is 0.178. The smallest absolute Gasteiger partial charge is 0.130 e. The minimum atomic E-state index is -0.699. The molecule has 0 saturated carbocycles. The molecule has 1 aromatic heterocycles. The predicted octanol–water partition coefficient (Wildman–Crippen LogP) is 3.96. The molecule has 1 heterocycles. The van der Waals surface area contributed by atoms with Crippen molar-refractivity contribution in [3.8, 4) is 0 Å². The van der Waals surface area contributed by atoms with Crippen LogP contribution in [0, 0.1) is 6.92 Å². The van der Waals surface area contributed by atoms with E-state index in [1.54, 1.807) is 29.9 Å².